The van der Waals surface area contributed by atoms with Crippen LogP contribution in [0.5, 0.6) is 0 Å². The number of aromatic nitrogens is 3. The van der Waals surface area contributed by atoms with Crippen LogP contribution in [0, 0.1) is 0 Å². The maximum atomic E-state index is 12.9. The van der Waals surface area contributed by atoms with Crippen LogP contribution >= 0.6 is 11.8 Å². The van der Waals surface area contributed by atoms with Crippen LogP contribution in [-0.2, 0) is 14.6 Å². The summed E-state index contributed by atoms with van der Waals surface area (Å²) in [5.74, 6) is -0.0363. The number of hydrogen-bond donors (Lipinski definition) is 3. The van der Waals surface area contributed by atoms with Crippen molar-refractivity contribution >= 4 is 44.4 Å². The Bertz CT molecular complexity index is 1340. The van der Waals surface area contributed by atoms with Gasteiger partial charge in [-0.3, -0.25) is 4.79 Å². The average molecular weight is 484 g/mol. The molecule has 1 amide bonds. The summed E-state index contributed by atoms with van der Waals surface area (Å²) in [6.07, 6.45) is 5.10. The standard InChI is InChI=1S/C23H25N5O3S2/c1-13(2)33(30,31)16-5-3-14(4-6-16)17-11-25-22-21(27-17)18(12-26-22)28-23(29)20-9-15-10-24-8-7-19(15)32-20/h3-6,11-13,20,24H,7-10H2,1-2H3,(H,25,26)(H,28,29). The van der Waals surface area contributed by atoms with Crippen LogP contribution in [0.25, 0.3) is 22.4 Å². The molecule has 2 aromatic heterocycles. The first-order valence-corrected chi connectivity index (χ1v) is 13.3. The van der Waals surface area contributed by atoms with Crippen LogP contribution in [0.3, 0.4) is 0 Å². The topological polar surface area (TPSA) is 117 Å². The predicted molar refractivity (Wildman–Crippen MR) is 131 cm³/mol. The zero-order valence-electron chi connectivity index (χ0n) is 18.4. The fraction of sp³-hybridized carbons (Fsp3) is 0.348. The molecule has 4 heterocycles. The molecule has 0 aliphatic carbocycles. The molecular formula is C23H25N5O3S2. The molecule has 33 heavy (non-hydrogen) atoms. The van der Waals surface area contributed by atoms with Gasteiger partial charge in [-0.15, -0.1) is 11.8 Å². The largest absolute Gasteiger partial charge is 0.343 e. The zero-order valence-corrected chi connectivity index (χ0v) is 20.0. The normalized spacial score (nSPS) is 18.7. The lowest BCUT2D eigenvalue weighted by Crippen LogP contribution is -2.25. The van der Waals surface area contributed by atoms with Crippen molar-refractivity contribution in [2.75, 3.05) is 18.4 Å². The molecule has 2 aliphatic heterocycles. The summed E-state index contributed by atoms with van der Waals surface area (Å²) in [5, 5.41) is 5.76. The number of anilines is 1. The maximum absolute atomic E-state index is 12.9. The summed E-state index contributed by atoms with van der Waals surface area (Å²) in [7, 11) is -3.34. The lowest BCUT2D eigenvalue weighted by Gasteiger charge is -2.13. The Labute approximate surface area is 196 Å². The highest BCUT2D eigenvalue weighted by Gasteiger charge is 2.31. The number of H-pyrrole nitrogens is 1. The Kier molecular flexibility index (Phi) is 5.75. The van der Waals surface area contributed by atoms with Crippen LogP contribution in [-0.4, -0.2) is 52.9 Å². The van der Waals surface area contributed by atoms with Crippen molar-refractivity contribution in [1.82, 2.24) is 20.3 Å². The smallest absolute Gasteiger partial charge is 0.238 e. The molecule has 5 rings (SSSR count). The summed E-state index contributed by atoms with van der Waals surface area (Å²) in [5.41, 5.74) is 4.43. The number of hydrogen-bond acceptors (Lipinski definition) is 7. The Balaban J connectivity index is 1.37. The van der Waals surface area contributed by atoms with Gasteiger partial charge in [-0.1, -0.05) is 12.1 Å². The SMILES string of the molecule is CC(C)S(=O)(=O)c1ccc(-c2cnc3[nH]cc(NC(=O)C4CC5=C(CCNC5)S4)c3n2)cc1. The highest BCUT2D eigenvalue weighted by Crippen LogP contribution is 2.41. The van der Waals surface area contributed by atoms with Gasteiger partial charge in [-0.25, -0.2) is 18.4 Å². The third kappa shape index (κ3) is 4.18. The molecule has 0 radical (unpaired) electrons. The molecule has 0 saturated carbocycles. The number of aromatic amines is 1. The predicted octanol–water partition coefficient (Wildman–Crippen LogP) is 3.50. The molecule has 172 valence electrons. The Morgan fingerprint density at radius 1 is 1.24 bits per heavy atom. The van der Waals surface area contributed by atoms with Crippen molar-refractivity contribution < 1.29 is 13.2 Å². The summed E-state index contributed by atoms with van der Waals surface area (Å²) in [4.78, 5) is 26.8. The number of nitrogens with one attached hydrogen (secondary N) is 3. The fourth-order valence-electron chi connectivity index (χ4n) is 4.05. The van der Waals surface area contributed by atoms with E-state index < -0.39 is 15.1 Å². The molecule has 3 aromatic rings. The number of carbonyl (C=O) groups is 1. The van der Waals surface area contributed by atoms with E-state index in [9.17, 15) is 13.2 Å². The van der Waals surface area contributed by atoms with E-state index in [0.717, 1.165) is 31.5 Å². The van der Waals surface area contributed by atoms with E-state index in [1.807, 2.05) is 0 Å². The van der Waals surface area contributed by atoms with Gasteiger partial charge >= 0.3 is 0 Å². The van der Waals surface area contributed by atoms with E-state index in [4.69, 9.17) is 4.98 Å². The van der Waals surface area contributed by atoms with Crippen molar-refractivity contribution in [2.45, 2.75) is 42.1 Å². The van der Waals surface area contributed by atoms with Crippen molar-refractivity contribution in [3.8, 4) is 11.3 Å². The number of fused-ring (bicyclic) bond motifs is 1. The van der Waals surface area contributed by atoms with Gasteiger partial charge in [0.15, 0.2) is 15.5 Å². The Morgan fingerprint density at radius 3 is 2.76 bits per heavy atom. The average Bonchev–Trinajstić information content (AvgIpc) is 3.43. The van der Waals surface area contributed by atoms with Crippen LogP contribution in [0.15, 0.2) is 52.0 Å². The maximum Gasteiger partial charge on any atom is 0.238 e. The van der Waals surface area contributed by atoms with Gasteiger partial charge in [-0.2, -0.15) is 0 Å². The van der Waals surface area contributed by atoms with E-state index in [-0.39, 0.29) is 16.1 Å². The van der Waals surface area contributed by atoms with Crippen molar-refractivity contribution in [3.63, 3.8) is 0 Å². The molecule has 0 spiro atoms. The van der Waals surface area contributed by atoms with Gasteiger partial charge in [0.05, 0.1) is 33.0 Å². The van der Waals surface area contributed by atoms with Crippen LogP contribution in [0.4, 0.5) is 5.69 Å². The molecule has 8 nitrogen and oxygen atoms in total. The molecule has 1 unspecified atom stereocenters. The first-order chi connectivity index (χ1) is 15.8. The summed E-state index contributed by atoms with van der Waals surface area (Å²) < 4.78 is 24.8. The lowest BCUT2D eigenvalue weighted by atomic mass is 10.1. The van der Waals surface area contributed by atoms with E-state index in [2.05, 4.69) is 20.6 Å². The van der Waals surface area contributed by atoms with Gasteiger partial charge in [-0.05, 0) is 55.8 Å². The number of benzene rings is 1. The number of sulfone groups is 1. The van der Waals surface area contributed by atoms with Gasteiger partial charge in [0, 0.05) is 18.3 Å². The molecule has 1 atom stereocenters. The number of thioether (sulfide) groups is 1. The van der Waals surface area contributed by atoms with Crippen molar-refractivity contribution in [1.29, 1.82) is 0 Å². The lowest BCUT2D eigenvalue weighted by molar-refractivity contribution is -0.115. The van der Waals surface area contributed by atoms with Gasteiger partial charge in [0.25, 0.3) is 0 Å². The third-order valence-corrected chi connectivity index (χ3v) is 9.62. The second kappa shape index (κ2) is 8.58. The Hall–Kier alpha value is -2.69. The van der Waals surface area contributed by atoms with E-state index in [1.165, 1.54) is 10.5 Å². The van der Waals surface area contributed by atoms with E-state index in [1.54, 1.807) is 62.3 Å². The molecule has 0 fully saturated rings. The first-order valence-electron chi connectivity index (χ1n) is 10.9. The minimum atomic E-state index is -3.34. The summed E-state index contributed by atoms with van der Waals surface area (Å²) in [6.45, 7) is 5.16. The highest BCUT2D eigenvalue weighted by atomic mass is 32.2. The molecule has 0 bridgehead atoms. The van der Waals surface area contributed by atoms with Crippen molar-refractivity contribution in [3.05, 3.63) is 47.1 Å². The molecule has 1 aromatic carbocycles. The van der Waals surface area contributed by atoms with Gasteiger partial charge in [0.1, 0.15) is 5.52 Å². The van der Waals surface area contributed by atoms with Gasteiger partial charge < -0.3 is 15.6 Å². The summed E-state index contributed by atoms with van der Waals surface area (Å²) >= 11 is 1.67. The highest BCUT2D eigenvalue weighted by molar-refractivity contribution is 8.04. The monoisotopic (exact) mass is 483 g/mol. The third-order valence-electron chi connectivity index (χ3n) is 6.01. The second-order valence-electron chi connectivity index (χ2n) is 8.53. The molecular weight excluding hydrogens is 458 g/mol. The van der Waals surface area contributed by atoms with E-state index >= 15 is 0 Å². The van der Waals surface area contributed by atoms with Crippen LogP contribution in [0.1, 0.15) is 26.7 Å². The first kappa shape index (κ1) is 22.1. The summed E-state index contributed by atoms with van der Waals surface area (Å²) in [6, 6.07) is 6.65. The number of amides is 1. The number of nitrogens with zero attached hydrogens (tertiary/aromatic N) is 2. The zero-order chi connectivity index (χ0) is 23.2. The molecule has 2 aliphatic rings. The Morgan fingerprint density at radius 2 is 2.03 bits per heavy atom. The van der Waals surface area contributed by atoms with Gasteiger partial charge in [0.2, 0.25) is 5.91 Å². The molecule has 3 N–H and O–H groups in total. The quantitative estimate of drug-likeness (QED) is 0.508. The molecule has 10 heteroatoms. The fourth-order valence-corrected chi connectivity index (χ4v) is 6.45. The molecule has 0 saturated heterocycles. The van der Waals surface area contributed by atoms with Crippen LogP contribution in [0.2, 0.25) is 0 Å². The van der Waals surface area contributed by atoms with Crippen LogP contribution < -0.4 is 10.6 Å². The minimum absolute atomic E-state index is 0.0363. The minimum Gasteiger partial charge on any atom is -0.343 e. The number of carbonyl (C=O) groups excluding carboxylic acids is 1. The van der Waals surface area contributed by atoms with Crippen molar-refractivity contribution in [2.24, 2.45) is 0 Å². The second-order valence-corrected chi connectivity index (χ2v) is 12.3. The van der Waals surface area contributed by atoms with E-state index in [0.29, 0.717) is 22.5 Å². The number of rotatable bonds is 5.